The zero-order valence-corrected chi connectivity index (χ0v) is 29.5. The van der Waals surface area contributed by atoms with Gasteiger partial charge in [0.2, 0.25) is 5.91 Å². The van der Waals surface area contributed by atoms with Crippen LogP contribution in [0.1, 0.15) is 29.2 Å². The highest BCUT2D eigenvalue weighted by Gasteiger charge is 2.36. The first kappa shape index (κ1) is 33.1. The van der Waals surface area contributed by atoms with Crippen LogP contribution in [0, 0.1) is 0 Å². The Bertz CT molecular complexity index is 2170. The molecule has 7 nitrogen and oxygen atoms in total. The molecule has 7 rings (SSSR count). The quantitative estimate of drug-likeness (QED) is 0.122. The van der Waals surface area contributed by atoms with Crippen molar-refractivity contribution in [3.05, 3.63) is 152 Å². The summed E-state index contributed by atoms with van der Waals surface area (Å²) < 4.78 is 0.208. The van der Waals surface area contributed by atoms with E-state index in [1.54, 1.807) is 29.4 Å². The molecule has 5 aromatic rings. The van der Waals surface area contributed by atoms with Crippen LogP contribution in [0.5, 0.6) is 0 Å². The van der Waals surface area contributed by atoms with Gasteiger partial charge in [-0.1, -0.05) is 119 Å². The lowest BCUT2D eigenvalue weighted by Crippen LogP contribution is -2.45. The number of benzene rings is 5. The van der Waals surface area contributed by atoms with Crippen molar-refractivity contribution in [3.63, 3.8) is 0 Å². The number of anilines is 2. The number of rotatable bonds is 8. The highest BCUT2D eigenvalue weighted by Crippen LogP contribution is 2.38. The van der Waals surface area contributed by atoms with E-state index in [0.717, 1.165) is 44.4 Å². The molecule has 12 heteroatoms. The summed E-state index contributed by atoms with van der Waals surface area (Å²) >= 11 is 25.6. The lowest BCUT2D eigenvalue weighted by molar-refractivity contribution is -0.132. The van der Waals surface area contributed by atoms with E-state index in [9.17, 15) is 9.59 Å². The van der Waals surface area contributed by atoms with Crippen LogP contribution in [0.25, 0.3) is 10.8 Å². The highest BCUT2D eigenvalue weighted by atomic mass is 35.5. The number of hydrazine groups is 1. The van der Waals surface area contributed by atoms with Gasteiger partial charge in [-0.2, -0.15) is 10.1 Å². The third-order valence-corrected chi connectivity index (χ3v) is 10.3. The molecule has 2 amide bonds. The van der Waals surface area contributed by atoms with E-state index in [4.69, 9.17) is 52.1 Å². The number of carbonyl (C=O) groups is 2. The number of nitrogens with one attached hydrogen (secondary N) is 2. The predicted octanol–water partition coefficient (Wildman–Crippen LogP) is 9.67. The monoisotopic (exact) mass is 741 g/mol. The molecule has 0 saturated carbocycles. The Morgan fingerprint density at radius 2 is 1.61 bits per heavy atom. The molecule has 2 N–H and O–H groups in total. The topological polar surface area (TPSA) is 77.0 Å². The molecule has 0 bridgehead atoms. The third kappa shape index (κ3) is 7.18. The van der Waals surface area contributed by atoms with Crippen LogP contribution in [0.2, 0.25) is 15.1 Å². The van der Waals surface area contributed by atoms with E-state index < -0.39 is 11.8 Å². The second kappa shape index (κ2) is 14.2. The summed E-state index contributed by atoms with van der Waals surface area (Å²) in [4.78, 5) is 27.3. The molecular formula is C37H26Cl3N5O2S2. The number of hydrogen-bond donors (Lipinski definition) is 2. The van der Waals surface area contributed by atoms with E-state index in [1.165, 1.54) is 0 Å². The van der Waals surface area contributed by atoms with Crippen LogP contribution in [-0.4, -0.2) is 31.9 Å². The minimum absolute atomic E-state index is 0.0362. The van der Waals surface area contributed by atoms with Crippen molar-refractivity contribution in [3.8, 4) is 0 Å². The molecule has 1 fully saturated rings. The first-order valence-corrected chi connectivity index (χ1v) is 17.6. The first-order valence-electron chi connectivity index (χ1n) is 15.2. The Labute approximate surface area is 307 Å². The molecule has 0 radical (unpaired) electrons. The molecule has 1 saturated heterocycles. The van der Waals surface area contributed by atoms with Crippen molar-refractivity contribution in [1.29, 1.82) is 0 Å². The Hall–Kier alpha value is -4.38. The van der Waals surface area contributed by atoms with Gasteiger partial charge in [-0.3, -0.25) is 20.0 Å². The molecule has 49 heavy (non-hydrogen) atoms. The van der Waals surface area contributed by atoms with Crippen LogP contribution in [0.4, 0.5) is 11.4 Å². The number of fused-ring (bicyclic) bond motifs is 1. The Kier molecular flexibility index (Phi) is 9.62. The second-order valence-electron chi connectivity index (χ2n) is 11.4. The van der Waals surface area contributed by atoms with E-state index >= 15 is 0 Å². The third-order valence-electron chi connectivity index (χ3n) is 8.15. The number of amides is 2. The molecule has 0 aliphatic carbocycles. The average Bonchev–Trinajstić information content (AvgIpc) is 3.63. The number of para-hydroxylation sites is 2. The van der Waals surface area contributed by atoms with Gasteiger partial charge in [0.1, 0.15) is 0 Å². The summed E-state index contributed by atoms with van der Waals surface area (Å²) in [6.07, 6.45) is 2.28. The van der Waals surface area contributed by atoms with Crippen LogP contribution in [0.15, 0.2) is 125 Å². The fraction of sp³-hybridized carbons (Fsp3) is 0.0811. The van der Waals surface area contributed by atoms with E-state index in [1.807, 2.05) is 60.7 Å². The van der Waals surface area contributed by atoms with Crippen LogP contribution in [0.3, 0.4) is 0 Å². The van der Waals surface area contributed by atoms with Crippen molar-refractivity contribution in [1.82, 2.24) is 15.4 Å². The van der Waals surface area contributed by atoms with Gasteiger partial charge in [-0.05, 0) is 76.1 Å². The SMILES string of the molecule is O=C(Cc1ccccc1Nc1c(Cl)cccc1Cl)NN1C(=O)/C(=C/N2N=C(c3ccc4ccccc4c3)CC2c2ccc(Cl)cc2)SC1=S. The lowest BCUT2D eigenvalue weighted by Gasteiger charge is -2.21. The Balaban J connectivity index is 1.11. The maximum absolute atomic E-state index is 13.7. The van der Waals surface area contributed by atoms with Gasteiger partial charge in [-0.15, -0.1) is 0 Å². The van der Waals surface area contributed by atoms with E-state index in [-0.39, 0.29) is 16.8 Å². The maximum atomic E-state index is 13.7. The molecule has 0 spiro atoms. The minimum atomic E-state index is -0.443. The van der Waals surface area contributed by atoms with Crippen molar-refractivity contribution >= 4 is 103 Å². The minimum Gasteiger partial charge on any atom is -0.353 e. The van der Waals surface area contributed by atoms with Gasteiger partial charge in [0, 0.05) is 23.3 Å². The van der Waals surface area contributed by atoms with Crippen molar-refractivity contribution < 1.29 is 9.59 Å². The van der Waals surface area contributed by atoms with Gasteiger partial charge in [0.05, 0.1) is 38.8 Å². The summed E-state index contributed by atoms with van der Waals surface area (Å²) in [6, 6.07) is 34.4. The molecule has 2 aliphatic rings. The van der Waals surface area contributed by atoms with Crippen LogP contribution >= 0.6 is 58.8 Å². The molecule has 2 heterocycles. The summed E-state index contributed by atoms with van der Waals surface area (Å²) in [6.45, 7) is 0. The first-order chi connectivity index (χ1) is 23.7. The fourth-order valence-corrected chi connectivity index (χ4v) is 7.47. The molecule has 1 atom stereocenters. The fourth-order valence-electron chi connectivity index (χ4n) is 5.71. The zero-order chi connectivity index (χ0) is 34.1. The summed E-state index contributed by atoms with van der Waals surface area (Å²) in [5.74, 6) is -0.865. The number of hydrazone groups is 1. The Morgan fingerprint density at radius 1 is 0.898 bits per heavy atom. The van der Waals surface area contributed by atoms with Gasteiger partial charge in [0.25, 0.3) is 5.91 Å². The zero-order valence-electron chi connectivity index (χ0n) is 25.6. The van der Waals surface area contributed by atoms with Gasteiger partial charge in [0.15, 0.2) is 4.32 Å². The van der Waals surface area contributed by atoms with Gasteiger partial charge in [-0.25, -0.2) is 0 Å². The molecular weight excluding hydrogens is 717 g/mol. The van der Waals surface area contributed by atoms with Gasteiger partial charge < -0.3 is 5.32 Å². The second-order valence-corrected chi connectivity index (χ2v) is 14.3. The van der Waals surface area contributed by atoms with Crippen LogP contribution < -0.4 is 10.7 Å². The standard InChI is InChI=1S/C37H26Cl3N5O2S2/c38-27-16-14-23(15-17-27)32-20-31(26-13-12-22-6-1-2-7-24(22)18-26)42-44(32)21-33-36(47)45(37(48)49-33)43-34(46)19-25-8-3-4-11-30(25)41-35-28(39)9-5-10-29(35)40/h1-18,21,32,41H,19-20H2,(H,43,46)/b33-21-. The number of hydrogen-bond acceptors (Lipinski definition) is 7. The van der Waals surface area contributed by atoms with E-state index in [0.29, 0.717) is 43.3 Å². The summed E-state index contributed by atoms with van der Waals surface area (Å²) in [5.41, 5.74) is 7.43. The molecule has 5 aromatic carbocycles. The predicted molar refractivity (Wildman–Crippen MR) is 204 cm³/mol. The molecule has 244 valence electrons. The summed E-state index contributed by atoms with van der Waals surface area (Å²) in [5, 5.41) is 14.9. The lowest BCUT2D eigenvalue weighted by atomic mass is 9.97. The number of halogens is 3. The Morgan fingerprint density at radius 3 is 2.39 bits per heavy atom. The normalized spacial score (nSPS) is 16.8. The van der Waals surface area contributed by atoms with Crippen LogP contribution in [-0.2, 0) is 16.0 Å². The maximum Gasteiger partial charge on any atom is 0.286 e. The largest absolute Gasteiger partial charge is 0.353 e. The molecule has 0 aromatic heterocycles. The van der Waals surface area contributed by atoms with E-state index in [2.05, 4.69) is 41.1 Å². The number of thioether (sulfide) groups is 1. The number of thiocarbonyl (C=S) groups is 1. The van der Waals surface area contributed by atoms with Crippen molar-refractivity contribution in [2.75, 3.05) is 5.32 Å². The molecule has 1 unspecified atom stereocenters. The highest BCUT2D eigenvalue weighted by molar-refractivity contribution is 8.26. The smallest absolute Gasteiger partial charge is 0.286 e. The van der Waals surface area contributed by atoms with Gasteiger partial charge >= 0.3 is 0 Å². The summed E-state index contributed by atoms with van der Waals surface area (Å²) in [7, 11) is 0. The van der Waals surface area contributed by atoms with Crippen molar-refractivity contribution in [2.24, 2.45) is 5.10 Å². The van der Waals surface area contributed by atoms with Crippen molar-refractivity contribution in [2.45, 2.75) is 18.9 Å². The number of carbonyl (C=O) groups excluding carboxylic acids is 2. The molecule has 2 aliphatic heterocycles. The average molecular weight is 743 g/mol. The number of nitrogens with zero attached hydrogens (tertiary/aromatic N) is 3.